The van der Waals surface area contributed by atoms with Crippen LogP contribution >= 0.6 is 0 Å². The number of ether oxygens (including phenoxy) is 2. The van der Waals surface area contributed by atoms with E-state index in [1.54, 1.807) is 6.92 Å². The van der Waals surface area contributed by atoms with Crippen LogP contribution < -0.4 is 4.74 Å². The van der Waals surface area contributed by atoms with Crippen molar-refractivity contribution in [2.45, 2.75) is 19.1 Å². The fraction of sp³-hybridized carbons (Fsp3) is 0.500. The van der Waals surface area contributed by atoms with E-state index in [-0.39, 0.29) is 24.2 Å². The number of carbonyl (C=O) groups excluding carboxylic acids is 1. The van der Waals surface area contributed by atoms with Crippen molar-refractivity contribution in [3.05, 3.63) is 17.8 Å². The standard InChI is InChI=1S/C12H15N3O5/c1-7-5-15(6-9(20-7)12(17)18)11(16)8-3-4-10(19-2)14-13-8/h3-4,7,9H,5-6H2,1-2H3,(H,17,18)/t7-,9?/m1/s1. The maximum atomic E-state index is 12.2. The van der Waals surface area contributed by atoms with Crippen LogP contribution in [0.25, 0.3) is 0 Å². The van der Waals surface area contributed by atoms with Crippen molar-refractivity contribution in [1.82, 2.24) is 15.1 Å². The predicted molar refractivity (Wildman–Crippen MR) is 66.5 cm³/mol. The second kappa shape index (κ2) is 5.83. The van der Waals surface area contributed by atoms with E-state index in [0.29, 0.717) is 12.4 Å². The third kappa shape index (κ3) is 3.02. The fourth-order valence-corrected chi connectivity index (χ4v) is 1.96. The van der Waals surface area contributed by atoms with Gasteiger partial charge in [0, 0.05) is 12.6 Å². The molecule has 8 nitrogen and oxygen atoms in total. The number of aromatic nitrogens is 2. The summed E-state index contributed by atoms with van der Waals surface area (Å²) >= 11 is 0. The molecule has 1 N–H and O–H groups in total. The Bertz CT molecular complexity index is 504. The van der Waals surface area contributed by atoms with Gasteiger partial charge in [-0.1, -0.05) is 0 Å². The summed E-state index contributed by atoms with van der Waals surface area (Å²) < 4.78 is 10.1. The van der Waals surface area contributed by atoms with Gasteiger partial charge in [-0.25, -0.2) is 4.79 Å². The first-order valence-corrected chi connectivity index (χ1v) is 6.06. The fourth-order valence-electron chi connectivity index (χ4n) is 1.96. The van der Waals surface area contributed by atoms with E-state index in [1.807, 2.05) is 0 Å². The van der Waals surface area contributed by atoms with Crippen molar-refractivity contribution in [3.8, 4) is 5.88 Å². The lowest BCUT2D eigenvalue weighted by molar-refractivity contribution is -0.160. The number of aliphatic carboxylic acids is 1. The Morgan fingerprint density at radius 3 is 2.70 bits per heavy atom. The third-order valence-corrected chi connectivity index (χ3v) is 2.89. The van der Waals surface area contributed by atoms with E-state index in [2.05, 4.69) is 10.2 Å². The Balaban J connectivity index is 2.12. The van der Waals surface area contributed by atoms with Gasteiger partial charge in [-0.3, -0.25) is 4.79 Å². The monoisotopic (exact) mass is 281 g/mol. The van der Waals surface area contributed by atoms with E-state index < -0.39 is 12.1 Å². The van der Waals surface area contributed by atoms with Crippen molar-refractivity contribution in [2.75, 3.05) is 20.2 Å². The first-order valence-electron chi connectivity index (χ1n) is 6.06. The summed E-state index contributed by atoms with van der Waals surface area (Å²) in [5.74, 6) is -1.16. The molecule has 1 saturated heterocycles. The Morgan fingerprint density at radius 1 is 1.40 bits per heavy atom. The molecule has 2 heterocycles. The van der Waals surface area contributed by atoms with E-state index in [9.17, 15) is 9.59 Å². The molecule has 1 aliphatic heterocycles. The summed E-state index contributed by atoms with van der Waals surface area (Å²) in [6.07, 6.45) is -1.37. The largest absolute Gasteiger partial charge is 0.480 e. The lowest BCUT2D eigenvalue weighted by Gasteiger charge is -2.34. The quantitative estimate of drug-likeness (QED) is 0.818. The van der Waals surface area contributed by atoms with Gasteiger partial charge in [-0.2, -0.15) is 0 Å². The lowest BCUT2D eigenvalue weighted by atomic mass is 10.2. The molecule has 0 saturated carbocycles. The summed E-state index contributed by atoms with van der Waals surface area (Å²) in [4.78, 5) is 24.6. The molecule has 0 bridgehead atoms. The van der Waals surface area contributed by atoms with Gasteiger partial charge >= 0.3 is 5.97 Å². The van der Waals surface area contributed by atoms with Crippen molar-refractivity contribution in [3.63, 3.8) is 0 Å². The third-order valence-electron chi connectivity index (χ3n) is 2.89. The minimum absolute atomic E-state index is 0.00772. The molecule has 1 aromatic rings. The number of carboxylic acids is 1. The first-order chi connectivity index (χ1) is 9.51. The molecule has 1 aromatic heterocycles. The number of morpholine rings is 1. The Morgan fingerprint density at radius 2 is 2.15 bits per heavy atom. The minimum atomic E-state index is -1.09. The number of carboxylic acid groups (broad SMARTS) is 1. The average Bonchev–Trinajstić information content (AvgIpc) is 2.46. The van der Waals surface area contributed by atoms with Crippen molar-refractivity contribution < 1.29 is 24.2 Å². The molecular weight excluding hydrogens is 266 g/mol. The van der Waals surface area contributed by atoms with Crippen LogP contribution in [-0.2, 0) is 9.53 Å². The SMILES string of the molecule is COc1ccc(C(=O)N2CC(C(=O)O)O[C@H](C)C2)nn1. The molecule has 20 heavy (non-hydrogen) atoms. The molecule has 2 rings (SSSR count). The summed E-state index contributed by atoms with van der Waals surface area (Å²) in [6.45, 7) is 2.03. The number of nitrogens with zero attached hydrogens (tertiary/aromatic N) is 3. The van der Waals surface area contributed by atoms with Gasteiger partial charge in [0.05, 0.1) is 19.8 Å². The van der Waals surface area contributed by atoms with E-state index in [4.69, 9.17) is 14.6 Å². The highest BCUT2D eigenvalue weighted by Crippen LogP contribution is 2.14. The average molecular weight is 281 g/mol. The number of rotatable bonds is 3. The maximum Gasteiger partial charge on any atom is 0.334 e. The second-order valence-corrected chi connectivity index (χ2v) is 4.44. The van der Waals surface area contributed by atoms with Gasteiger partial charge in [0.2, 0.25) is 5.88 Å². The zero-order valence-electron chi connectivity index (χ0n) is 11.1. The van der Waals surface area contributed by atoms with Crippen LogP contribution in [0.4, 0.5) is 0 Å². The van der Waals surface area contributed by atoms with E-state index in [0.717, 1.165) is 0 Å². The number of amides is 1. The van der Waals surface area contributed by atoms with Crippen LogP contribution in [0.15, 0.2) is 12.1 Å². The van der Waals surface area contributed by atoms with Gasteiger partial charge < -0.3 is 19.5 Å². The zero-order valence-corrected chi connectivity index (χ0v) is 11.1. The molecule has 0 spiro atoms. The highest BCUT2D eigenvalue weighted by atomic mass is 16.5. The second-order valence-electron chi connectivity index (χ2n) is 4.44. The molecule has 1 unspecified atom stereocenters. The van der Waals surface area contributed by atoms with Gasteiger partial charge in [0.25, 0.3) is 5.91 Å². The molecule has 0 aromatic carbocycles. The highest BCUT2D eigenvalue weighted by molar-refractivity contribution is 5.92. The van der Waals surface area contributed by atoms with Gasteiger partial charge in [-0.15, -0.1) is 10.2 Å². The van der Waals surface area contributed by atoms with Crippen molar-refractivity contribution in [1.29, 1.82) is 0 Å². The number of carbonyl (C=O) groups is 2. The number of hydrogen-bond donors (Lipinski definition) is 1. The molecular formula is C12H15N3O5. The van der Waals surface area contributed by atoms with E-state index in [1.165, 1.54) is 24.1 Å². The van der Waals surface area contributed by atoms with E-state index >= 15 is 0 Å². The van der Waals surface area contributed by atoms with Crippen molar-refractivity contribution >= 4 is 11.9 Å². The van der Waals surface area contributed by atoms with Crippen LogP contribution in [0, 0.1) is 0 Å². The normalized spacial score (nSPS) is 22.4. The van der Waals surface area contributed by atoms with Crippen LogP contribution in [0.2, 0.25) is 0 Å². The smallest absolute Gasteiger partial charge is 0.334 e. The summed E-state index contributed by atoms with van der Waals surface area (Å²) in [5, 5.41) is 16.5. The van der Waals surface area contributed by atoms with Crippen LogP contribution in [0.1, 0.15) is 17.4 Å². The number of methoxy groups -OCH3 is 1. The molecule has 2 atom stereocenters. The highest BCUT2D eigenvalue weighted by Gasteiger charge is 2.33. The zero-order chi connectivity index (χ0) is 14.7. The van der Waals surface area contributed by atoms with Crippen LogP contribution in [-0.4, -0.2) is 64.5 Å². The topological polar surface area (TPSA) is 102 Å². The molecule has 108 valence electrons. The lowest BCUT2D eigenvalue weighted by Crippen LogP contribution is -2.51. The summed E-state index contributed by atoms with van der Waals surface area (Å²) in [6, 6.07) is 3.02. The summed E-state index contributed by atoms with van der Waals surface area (Å²) in [5.41, 5.74) is 0.143. The van der Waals surface area contributed by atoms with Crippen molar-refractivity contribution in [2.24, 2.45) is 0 Å². The first kappa shape index (κ1) is 14.2. The van der Waals surface area contributed by atoms with Crippen LogP contribution in [0.3, 0.4) is 0 Å². The van der Waals surface area contributed by atoms with Gasteiger partial charge in [0.1, 0.15) is 0 Å². The van der Waals surface area contributed by atoms with Crippen LogP contribution in [0.5, 0.6) is 5.88 Å². The molecule has 8 heteroatoms. The van der Waals surface area contributed by atoms with Gasteiger partial charge in [0.15, 0.2) is 11.8 Å². The molecule has 0 aliphatic carbocycles. The Labute approximate surface area is 115 Å². The summed E-state index contributed by atoms with van der Waals surface area (Å²) in [7, 11) is 1.45. The molecule has 1 fully saturated rings. The Kier molecular flexibility index (Phi) is 4.14. The Hall–Kier alpha value is -2.22. The predicted octanol–water partition coefficient (Wildman–Crippen LogP) is -0.201. The molecule has 1 aliphatic rings. The van der Waals surface area contributed by atoms with Gasteiger partial charge in [-0.05, 0) is 13.0 Å². The molecule has 0 radical (unpaired) electrons. The molecule has 1 amide bonds. The minimum Gasteiger partial charge on any atom is -0.480 e. The maximum absolute atomic E-state index is 12.2. The number of hydrogen-bond acceptors (Lipinski definition) is 6.